The normalized spacial score (nSPS) is 20.1. The quantitative estimate of drug-likeness (QED) is 0.815. The Morgan fingerprint density at radius 2 is 1.90 bits per heavy atom. The van der Waals surface area contributed by atoms with Crippen molar-refractivity contribution in [2.45, 2.75) is 18.5 Å². The van der Waals surface area contributed by atoms with Crippen molar-refractivity contribution in [2.75, 3.05) is 5.32 Å². The second-order valence-corrected chi connectivity index (χ2v) is 5.63. The van der Waals surface area contributed by atoms with Crippen molar-refractivity contribution in [1.82, 2.24) is 0 Å². The molecule has 2 aromatic carbocycles. The highest BCUT2D eigenvalue weighted by molar-refractivity contribution is 6.33. The van der Waals surface area contributed by atoms with Gasteiger partial charge in [-0.2, -0.15) is 0 Å². The average molecular weight is 302 g/mol. The fourth-order valence-corrected chi connectivity index (χ4v) is 2.96. The summed E-state index contributed by atoms with van der Waals surface area (Å²) in [6.07, 6.45) is 0.788. The Morgan fingerprint density at radius 3 is 2.62 bits per heavy atom. The number of hydrogen-bond donors (Lipinski definition) is 3. The maximum Gasteiger partial charge on any atom is 0.248 e. The van der Waals surface area contributed by atoms with Gasteiger partial charge in [-0.15, -0.1) is 0 Å². The van der Waals surface area contributed by atoms with E-state index in [1.807, 2.05) is 18.2 Å². The zero-order valence-corrected chi connectivity index (χ0v) is 12.1. The van der Waals surface area contributed by atoms with E-state index in [4.69, 9.17) is 23.1 Å². The van der Waals surface area contributed by atoms with Crippen molar-refractivity contribution in [2.24, 2.45) is 11.5 Å². The molecule has 0 aliphatic heterocycles. The summed E-state index contributed by atoms with van der Waals surface area (Å²) >= 11 is 6.20. The Balaban J connectivity index is 1.92. The van der Waals surface area contributed by atoms with Gasteiger partial charge in [0.2, 0.25) is 5.91 Å². The summed E-state index contributed by atoms with van der Waals surface area (Å²) < 4.78 is 0. The number of hydrogen-bond acceptors (Lipinski definition) is 3. The first-order chi connectivity index (χ1) is 10.1. The highest BCUT2D eigenvalue weighted by Crippen LogP contribution is 2.40. The predicted octanol–water partition coefficient (Wildman–Crippen LogP) is 3.00. The van der Waals surface area contributed by atoms with E-state index in [0.29, 0.717) is 16.3 Å². The Hall–Kier alpha value is -2.04. The monoisotopic (exact) mass is 301 g/mol. The molecule has 0 bridgehead atoms. The second kappa shape index (κ2) is 5.39. The van der Waals surface area contributed by atoms with E-state index in [9.17, 15) is 4.79 Å². The fraction of sp³-hybridized carbons (Fsp3) is 0.188. The summed E-state index contributed by atoms with van der Waals surface area (Å²) in [5.41, 5.74) is 14.9. The van der Waals surface area contributed by atoms with Crippen LogP contribution in [0, 0.1) is 0 Å². The van der Waals surface area contributed by atoms with Gasteiger partial charge >= 0.3 is 0 Å². The number of carbonyl (C=O) groups excluding carboxylic acids is 1. The van der Waals surface area contributed by atoms with Gasteiger partial charge in [-0.1, -0.05) is 35.9 Å². The second-order valence-electron chi connectivity index (χ2n) is 5.23. The maximum atomic E-state index is 11.3. The summed E-state index contributed by atoms with van der Waals surface area (Å²) in [7, 11) is 0. The number of primary amides is 1. The number of amides is 1. The molecule has 108 valence electrons. The fourth-order valence-electron chi connectivity index (χ4n) is 2.79. The molecule has 0 spiro atoms. The number of rotatable bonds is 3. The molecule has 5 N–H and O–H groups in total. The average Bonchev–Trinajstić information content (AvgIpc) is 2.78. The van der Waals surface area contributed by atoms with Crippen LogP contribution in [-0.2, 0) is 0 Å². The Labute approximate surface area is 128 Å². The van der Waals surface area contributed by atoms with E-state index in [2.05, 4.69) is 11.4 Å². The van der Waals surface area contributed by atoms with Crippen molar-refractivity contribution in [3.8, 4) is 0 Å². The van der Waals surface area contributed by atoms with Crippen molar-refractivity contribution < 1.29 is 4.79 Å². The lowest BCUT2D eigenvalue weighted by Crippen LogP contribution is -2.13. The van der Waals surface area contributed by atoms with Gasteiger partial charge in [-0.05, 0) is 35.7 Å². The van der Waals surface area contributed by atoms with Crippen molar-refractivity contribution in [1.29, 1.82) is 0 Å². The molecule has 0 aromatic heterocycles. The number of nitrogens with two attached hydrogens (primary N) is 2. The van der Waals surface area contributed by atoms with Gasteiger partial charge in [0.05, 0.1) is 16.8 Å². The molecule has 1 aliphatic carbocycles. The number of halogens is 1. The summed E-state index contributed by atoms with van der Waals surface area (Å²) in [6, 6.07) is 13.1. The van der Waals surface area contributed by atoms with Crippen LogP contribution in [0.4, 0.5) is 5.69 Å². The van der Waals surface area contributed by atoms with Crippen molar-refractivity contribution >= 4 is 23.2 Å². The summed E-state index contributed by atoms with van der Waals surface area (Å²) in [5.74, 6) is -0.474. The molecule has 4 nitrogen and oxygen atoms in total. The first-order valence-corrected chi connectivity index (χ1v) is 7.14. The lowest BCUT2D eigenvalue weighted by Gasteiger charge is -2.17. The van der Waals surface area contributed by atoms with Gasteiger partial charge in [0.25, 0.3) is 0 Å². The SMILES string of the molecule is NC(=O)c1ccc(Cl)c(NC2CC(N)c3ccccc32)c1. The molecule has 0 fully saturated rings. The third-order valence-corrected chi connectivity index (χ3v) is 4.17. The third-order valence-electron chi connectivity index (χ3n) is 3.84. The van der Waals surface area contributed by atoms with E-state index in [1.54, 1.807) is 18.2 Å². The highest BCUT2D eigenvalue weighted by atomic mass is 35.5. The minimum atomic E-state index is -0.474. The summed E-state index contributed by atoms with van der Waals surface area (Å²) in [6.45, 7) is 0. The number of benzene rings is 2. The van der Waals surface area contributed by atoms with Gasteiger partial charge < -0.3 is 16.8 Å². The molecule has 21 heavy (non-hydrogen) atoms. The molecule has 0 radical (unpaired) electrons. The Bertz CT molecular complexity index is 702. The van der Waals surface area contributed by atoms with Crippen LogP contribution in [0.1, 0.15) is 40.0 Å². The van der Waals surface area contributed by atoms with Crippen molar-refractivity contribution in [3.05, 3.63) is 64.2 Å². The van der Waals surface area contributed by atoms with Gasteiger partial charge in [0, 0.05) is 11.6 Å². The zero-order chi connectivity index (χ0) is 15.0. The number of anilines is 1. The lowest BCUT2D eigenvalue weighted by molar-refractivity contribution is 0.100. The molecular weight excluding hydrogens is 286 g/mol. The smallest absolute Gasteiger partial charge is 0.248 e. The van der Waals surface area contributed by atoms with E-state index in [0.717, 1.165) is 12.0 Å². The number of carbonyl (C=O) groups is 1. The van der Waals surface area contributed by atoms with Gasteiger partial charge in [0.15, 0.2) is 0 Å². The van der Waals surface area contributed by atoms with Crippen LogP contribution in [0.2, 0.25) is 5.02 Å². The molecule has 2 unspecified atom stereocenters. The summed E-state index contributed by atoms with van der Waals surface area (Å²) in [5, 5.41) is 3.92. The van der Waals surface area contributed by atoms with Crippen LogP contribution >= 0.6 is 11.6 Å². The minimum Gasteiger partial charge on any atom is -0.377 e. The molecule has 2 aromatic rings. The first kappa shape index (κ1) is 13.9. The van der Waals surface area contributed by atoms with E-state index < -0.39 is 5.91 Å². The van der Waals surface area contributed by atoms with Gasteiger partial charge in [-0.25, -0.2) is 0 Å². The van der Waals surface area contributed by atoms with Crippen LogP contribution in [0.25, 0.3) is 0 Å². The maximum absolute atomic E-state index is 11.3. The van der Waals surface area contributed by atoms with Crippen molar-refractivity contribution in [3.63, 3.8) is 0 Å². The molecule has 0 heterocycles. The molecule has 0 saturated carbocycles. The number of fused-ring (bicyclic) bond motifs is 1. The summed E-state index contributed by atoms with van der Waals surface area (Å²) in [4.78, 5) is 11.3. The van der Waals surface area contributed by atoms with E-state index >= 15 is 0 Å². The topological polar surface area (TPSA) is 81.1 Å². The number of nitrogens with one attached hydrogen (secondary N) is 1. The molecule has 0 saturated heterocycles. The largest absolute Gasteiger partial charge is 0.377 e. The van der Waals surface area contributed by atoms with Crippen LogP contribution in [0.5, 0.6) is 0 Å². The molecule has 3 rings (SSSR count). The van der Waals surface area contributed by atoms with Crippen LogP contribution in [-0.4, -0.2) is 5.91 Å². The predicted molar refractivity (Wildman–Crippen MR) is 84.3 cm³/mol. The third kappa shape index (κ3) is 2.60. The Kier molecular flexibility index (Phi) is 3.57. The van der Waals surface area contributed by atoms with Crippen LogP contribution in [0.3, 0.4) is 0 Å². The molecule has 2 atom stereocenters. The molecule has 1 aliphatic rings. The van der Waals surface area contributed by atoms with Crippen LogP contribution in [0.15, 0.2) is 42.5 Å². The van der Waals surface area contributed by atoms with Gasteiger partial charge in [0.1, 0.15) is 0 Å². The molecule has 5 heteroatoms. The minimum absolute atomic E-state index is 0.0109. The lowest BCUT2D eigenvalue weighted by atomic mass is 10.1. The van der Waals surface area contributed by atoms with E-state index in [-0.39, 0.29) is 12.1 Å². The van der Waals surface area contributed by atoms with Crippen LogP contribution < -0.4 is 16.8 Å². The molecule has 1 amide bonds. The van der Waals surface area contributed by atoms with Gasteiger partial charge in [-0.3, -0.25) is 4.79 Å². The standard InChI is InChI=1S/C16H16ClN3O/c17-12-6-5-9(16(19)21)7-15(12)20-14-8-13(18)10-3-1-2-4-11(10)14/h1-7,13-14,20H,8,18H2,(H2,19,21). The Morgan fingerprint density at radius 1 is 1.19 bits per heavy atom. The van der Waals surface area contributed by atoms with E-state index in [1.165, 1.54) is 5.56 Å². The zero-order valence-electron chi connectivity index (χ0n) is 11.3. The first-order valence-electron chi connectivity index (χ1n) is 6.76. The molecular formula is C16H16ClN3O. The highest BCUT2D eigenvalue weighted by Gasteiger charge is 2.28.